The molecule has 0 saturated heterocycles. The minimum Gasteiger partial charge on any atom is -0.493 e. The van der Waals surface area contributed by atoms with Gasteiger partial charge >= 0.3 is 0 Å². The predicted octanol–water partition coefficient (Wildman–Crippen LogP) is 4.47. The maximum absolute atomic E-state index is 13.1. The summed E-state index contributed by atoms with van der Waals surface area (Å²) in [7, 11) is 3.06. The maximum atomic E-state index is 13.1. The number of rotatable bonds is 8. The highest BCUT2D eigenvalue weighted by atomic mass is 35.5. The van der Waals surface area contributed by atoms with Gasteiger partial charge in [-0.25, -0.2) is 0 Å². The Balaban J connectivity index is 1.46. The molecule has 1 N–H and O–H groups in total. The second-order valence-corrected chi connectivity index (χ2v) is 8.48. The average Bonchev–Trinajstić information content (AvgIpc) is 2.93. The molecule has 0 unspecified atom stereocenters. The van der Waals surface area contributed by atoms with Crippen LogP contribution in [0.1, 0.15) is 21.5 Å². The first-order chi connectivity index (χ1) is 17.9. The van der Waals surface area contributed by atoms with Crippen LogP contribution in [-0.4, -0.2) is 47.7 Å². The van der Waals surface area contributed by atoms with Crippen LogP contribution in [0.4, 0.5) is 5.69 Å². The van der Waals surface area contributed by atoms with Crippen LogP contribution in [0.15, 0.2) is 84.8 Å². The van der Waals surface area contributed by atoms with E-state index >= 15 is 0 Å². The SMILES string of the molecule is COc1ccc(C2=C(C(=O)Cl)C=CN(C(=O)Cc3ccc(NC(=O)c4ccncc4)cc3)C2)cc1OC. The highest BCUT2D eigenvalue weighted by Crippen LogP contribution is 2.34. The summed E-state index contributed by atoms with van der Waals surface area (Å²) in [5, 5.41) is 2.20. The van der Waals surface area contributed by atoms with Crippen molar-refractivity contribution in [2.24, 2.45) is 0 Å². The number of nitrogens with one attached hydrogen (secondary N) is 1. The van der Waals surface area contributed by atoms with Crippen molar-refractivity contribution in [3.8, 4) is 11.5 Å². The molecule has 1 aliphatic heterocycles. The highest BCUT2D eigenvalue weighted by molar-refractivity contribution is 6.68. The minimum atomic E-state index is -0.613. The Morgan fingerprint density at radius 2 is 1.68 bits per heavy atom. The molecule has 37 heavy (non-hydrogen) atoms. The number of pyridine rings is 1. The van der Waals surface area contributed by atoms with Gasteiger partial charge in [-0.1, -0.05) is 18.2 Å². The minimum absolute atomic E-state index is 0.131. The van der Waals surface area contributed by atoms with Gasteiger partial charge in [0.05, 0.1) is 27.2 Å². The standard InChI is InChI=1S/C28H24ClN3O5/c1-36-24-8-5-20(16-25(24)37-2)23-17-32(14-11-22(23)27(29)34)26(33)15-18-3-6-21(7-4-18)31-28(35)19-9-12-30-13-10-19/h3-14,16H,15,17H2,1-2H3,(H,31,35). The van der Waals surface area contributed by atoms with Crippen molar-refractivity contribution in [3.63, 3.8) is 0 Å². The molecule has 2 heterocycles. The van der Waals surface area contributed by atoms with Crippen molar-refractivity contribution in [3.05, 3.63) is 102 Å². The van der Waals surface area contributed by atoms with E-state index in [-0.39, 0.29) is 24.8 Å². The Labute approximate surface area is 219 Å². The number of aromatic nitrogens is 1. The summed E-state index contributed by atoms with van der Waals surface area (Å²) in [4.78, 5) is 43.0. The van der Waals surface area contributed by atoms with Gasteiger partial charge in [-0.15, -0.1) is 0 Å². The number of anilines is 1. The first kappa shape index (κ1) is 25.7. The van der Waals surface area contributed by atoms with E-state index in [0.717, 1.165) is 5.56 Å². The summed E-state index contributed by atoms with van der Waals surface area (Å²) >= 11 is 5.84. The van der Waals surface area contributed by atoms with Crippen molar-refractivity contribution in [2.45, 2.75) is 6.42 Å². The molecular weight excluding hydrogens is 494 g/mol. The number of benzene rings is 2. The summed E-state index contributed by atoms with van der Waals surface area (Å²) in [5.74, 6) is 0.635. The first-order valence-corrected chi connectivity index (χ1v) is 11.7. The van der Waals surface area contributed by atoms with Gasteiger partial charge < -0.3 is 19.7 Å². The molecule has 2 aromatic carbocycles. The van der Waals surface area contributed by atoms with Gasteiger partial charge in [-0.3, -0.25) is 19.4 Å². The zero-order chi connectivity index (χ0) is 26.4. The van der Waals surface area contributed by atoms with Gasteiger partial charge in [-0.2, -0.15) is 0 Å². The molecule has 0 fully saturated rings. The highest BCUT2D eigenvalue weighted by Gasteiger charge is 2.24. The number of methoxy groups -OCH3 is 2. The Kier molecular flexibility index (Phi) is 8.00. The summed E-state index contributed by atoms with van der Waals surface area (Å²) in [6.07, 6.45) is 6.34. The lowest BCUT2D eigenvalue weighted by Crippen LogP contribution is -2.31. The summed E-state index contributed by atoms with van der Waals surface area (Å²) in [6.45, 7) is 0.165. The van der Waals surface area contributed by atoms with Crippen LogP contribution in [0, 0.1) is 0 Å². The number of carbonyl (C=O) groups excluding carboxylic acids is 3. The molecule has 1 aliphatic rings. The van der Waals surface area contributed by atoms with Crippen LogP contribution in [0.2, 0.25) is 0 Å². The molecule has 0 spiro atoms. The second-order valence-electron chi connectivity index (χ2n) is 8.14. The monoisotopic (exact) mass is 517 g/mol. The molecule has 188 valence electrons. The van der Waals surface area contributed by atoms with Gasteiger partial charge in [0.1, 0.15) is 0 Å². The molecule has 9 heteroatoms. The molecule has 1 aromatic heterocycles. The van der Waals surface area contributed by atoms with Gasteiger partial charge in [0, 0.05) is 35.4 Å². The van der Waals surface area contributed by atoms with Crippen LogP contribution in [0.5, 0.6) is 11.5 Å². The van der Waals surface area contributed by atoms with Gasteiger partial charge in [0.25, 0.3) is 11.1 Å². The number of hydrogen-bond donors (Lipinski definition) is 1. The number of nitrogens with zero attached hydrogens (tertiary/aromatic N) is 2. The van der Waals surface area contributed by atoms with E-state index in [2.05, 4.69) is 10.3 Å². The lowest BCUT2D eigenvalue weighted by atomic mass is 9.96. The average molecular weight is 518 g/mol. The fourth-order valence-electron chi connectivity index (χ4n) is 3.89. The summed E-state index contributed by atoms with van der Waals surface area (Å²) in [5.41, 5.74) is 3.49. The third-order valence-electron chi connectivity index (χ3n) is 5.85. The quantitative estimate of drug-likeness (QED) is 0.443. The van der Waals surface area contributed by atoms with E-state index in [1.54, 1.807) is 79.3 Å². The zero-order valence-corrected chi connectivity index (χ0v) is 21.0. The molecule has 3 aromatic rings. The third kappa shape index (κ3) is 6.05. The van der Waals surface area contributed by atoms with E-state index in [9.17, 15) is 14.4 Å². The van der Waals surface area contributed by atoms with Crippen molar-refractivity contribution >= 4 is 39.9 Å². The number of hydrogen-bond acceptors (Lipinski definition) is 6. The molecule has 4 rings (SSSR count). The molecule has 0 saturated carbocycles. The molecule has 0 aliphatic carbocycles. The molecule has 2 amide bonds. The molecule has 0 bridgehead atoms. The van der Waals surface area contributed by atoms with Crippen molar-refractivity contribution in [1.82, 2.24) is 9.88 Å². The van der Waals surface area contributed by atoms with Crippen LogP contribution < -0.4 is 14.8 Å². The Bertz CT molecular complexity index is 1380. The smallest absolute Gasteiger partial charge is 0.255 e. The Hall–Kier alpha value is -4.43. The van der Waals surface area contributed by atoms with Gasteiger partial charge in [-0.05, 0) is 70.8 Å². The number of allylic oxidation sites excluding steroid dienone is 2. The topological polar surface area (TPSA) is 97.8 Å². The Morgan fingerprint density at radius 1 is 0.973 bits per heavy atom. The normalized spacial score (nSPS) is 12.8. The van der Waals surface area contributed by atoms with Crippen LogP contribution >= 0.6 is 11.6 Å². The van der Waals surface area contributed by atoms with Gasteiger partial charge in [0.2, 0.25) is 5.91 Å². The number of halogens is 1. The lowest BCUT2D eigenvalue weighted by Gasteiger charge is -2.26. The fourth-order valence-corrected chi connectivity index (χ4v) is 4.07. The maximum Gasteiger partial charge on any atom is 0.255 e. The summed E-state index contributed by atoms with van der Waals surface area (Å²) < 4.78 is 10.7. The van der Waals surface area contributed by atoms with Crippen LogP contribution in [-0.2, 0) is 16.0 Å². The van der Waals surface area contributed by atoms with Crippen molar-refractivity contribution < 1.29 is 23.9 Å². The van der Waals surface area contributed by atoms with E-state index in [1.807, 2.05) is 0 Å². The molecule has 0 radical (unpaired) electrons. The largest absolute Gasteiger partial charge is 0.493 e. The first-order valence-electron chi connectivity index (χ1n) is 11.3. The number of carbonyl (C=O) groups is 3. The lowest BCUT2D eigenvalue weighted by molar-refractivity contribution is -0.127. The van der Waals surface area contributed by atoms with E-state index in [4.69, 9.17) is 21.1 Å². The van der Waals surface area contributed by atoms with E-state index in [0.29, 0.717) is 39.5 Å². The van der Waals surface area contributed by atoms with Crippen molar-refractivity contribution in [2.75, 3.05) is 26.1 Å². The van der Waals surface area contributed by atoms with E-state index < -0.39 is 5.24 Å². The summed E-state index contributed by atoms with van der Waals surface area (Å²) in [6, 6.07) is 15.6. The van der Waals surface area contributed by atoms with Crippen LogP contribution in [0.3, 0.4) is 0 Å². The Morgan fingerprint density at radius 3 is 2.32 bits per heavy atom. The zero-order valence-electron chi connectivity index (χ0n) is 20.2. The fraction of sp³-hybridized carbons (Fsp3) is 0.143. The van der Waals surface area contributed by atoms with E-state index in [1.165, 1.54) is 19.1 Å². The predicted molar refractivity (Wildman–Crippen MR) is 141 cm³/mol. The van der Waals surface area contributed by atoms with Crippen molar-refractivity contribution in [1.29, 1.82) is 0 Å². The molecule has 0 atom stereocenters. The molecular formula is C28H24ClN3O5. The third-order valence-corrected chi connectivity index (χ3v) is 6.05. The second kappa shape index (κ2) is 11.5. The molecule has 8 nitrogen and oxygen atoms in total. The number of amides is 2. The number of ether oxygens (including phenoxy) is 2. The van der Waals surface area contributed by atoms with Crippen LogP contribution in [0.25, 0.3) is 5.57 Å². The van der Waals surface area contributed by atoms with Gasteiger partial charge in [0.15, 0.2) is 11.5 Å².